The Morgan fingerprint density at radius 3 is 2.56 bits per heavy atom. The van der Waals surface area contributed by atoms with Gasteiger partial charge in [0.2, 0.25) is 0 Å². The maximum Gasteiger partial charge on any atom is 0.264 e. The van der Waals surface area contributed by atoms with E-state index in [9.17, 15) is 17.9 Å². The molecule has 10 heteroatoms. The van der Waals surface area contributed by atoms with Gasteiger partial charge in [-0.3, -0.25) is 9.71 Å². The Morgan fingerprint density at radius 2 is 1.85 bits per heavy atom. The average molecular weight is 503 g/mol. The zero-order valence-corrected chi connectivity index (χ0v) is 20.7. The average Bonchev–Trinajstić information content (AvgIpc) is 3.25. The third-order valence-corrected chi connectivity index (χ3v) is 7.96. The Labute approximate surface area is 202 Å². The lowest BCUT2D eigenvalue weighted by Gasteiger charge is -2.32. The van der Waals surface area contributed by atoms with E-state index in [1.54, 1.807) is 5.38 Å². The van der Waals surface area contributed by atoms with Gasteiger partial charge in [0.1, 0.15) is 10.7 Å². The number of morpholine rings is 1. The minimum Gasteiger partial charge on any atom is -0.858 e. The first-order valence-electron chi connectivity index (χ1n) is 10.7. The molecule has 4 rings (SSSR count). The van der Waals surface area contributed by atoms with Crippen molar-refractivity contribution >= 4 is 44.3 Å². The van der Waals surface area contributed by atoms with E-state index >= 15 is 0 Å². The van der Waals surface area contributed by atoms with E-state index in [1.807, 2.05) is 26.8 Å². The number of aliphatic imine (C=N–C) groups is 1. The highest BCUT2D eigenvalue weighted by molar-refractivity contribution is 7.92. The molecule has 1 N–H and O–H groups in total. The van der Waals surface area contributed by atoms with Crippen molar-refractivity contribution in [2.45, 2.75) is 25.7 Å². The lowest BCUT2D eigenvalue weighted by molar-refractivity contribution is -0.212. The molecule has 180 valence electrons. The van der Waals surface area contributed by atoms with Gasteiger partial charge >= 0.3 is 0 Å². The first-order chi connectivity index (χ1) is 16.2. The predicted molar refractivity (Wildman–Crippen MR) is 131 cm³/mol. The molecule has 1 aromatic heterocycles. The van der Waals surface area contributed by atoms with Crippen molar-refractivity contribution in [2.75, 3.05) is 35.9 Å². The Hall–Kier alpha value is -2.95. The van der Waals surface area contributed by atoms with Gasteiger partial charge in [-0.2, -0.15) is 0 Å². The number of sulfonamides is 1. The fourth-order valence-corrected chi connectivity index (χ4v) is 6.13. The molecular weight excluding hydrogens is 477 g/mol. The smallest absolute Gasteiger partial charge is 0.264 e. The van der Waals surface area contributed by atoms with Crippen LogP contribution in [0.15, 0.2) is 51.7 Å². The highest BCUT2D eigenvalue weighted by atomic mass is 32.2. The number of nitrogens with zero attached hydrogens (tertiary/aromatic N) is 2. The van der Waals surface area contributed by atoms with Crippen LogP contribution in [0.2, 0.25) is 0 Å². The molecule has 7 nitrogen and oxygen atoms in total. The van der Waals surface area contributed by atoms with Gasteiger partial charge in [-0.1, -0.05) is 18.2 Å². The Kier molecular flexibility index (Phi) is 6.92. The van der Waals surface area contributed by atoms with Crippen LogP contribution in [0, 0.1) is 26.6 Å². The first-order valence-corrected chi connectivity index (χ1v) is 13.1. The van der Waals surface area contributed by atoms with E-state index in [-0.39, 0.29) is 10.6 Å². The third kappa shape index (κ3) is 4.79. The van der Waals surface area contributed by atoms with Crippen LogP contribution in [0.4, 0.5) is 21.5 Å². The minimum absolute atomic E-state index is 0.0674. The second-order valence-electron chi connectivity index (χ2n) is 8.05. The second kappa shape index (κ2) is 9.73. The topological polar surface area (TPSA) is 94.1 Å². The number of hydrogen-bond acceptors (Lipinski definition) is 7. The van der Waals surface area contributed by atoms with Gasteiger partial charge in [0.25, 0.3) is 10.0 Å². The number of aryl methyl sites for hydroxylation is 2. The number of hydrogen-bond donors (Lipinski definition) is 1. The van der Waals surface area contributed by atoms with Crippen LogP contribution in [0.25, 0.3) is 0 Å². The number of ether oxygens (including phenoxy) is 1. The van der Waals surface area contributed by atoms with E-state index in [1.165, 1.54) is 24.3 Å². The van der Waals surface area contributed by atoms with Gasteiger partial charge in [-0.25, -0.2) is 12.8 Å². The lowest BCUT2D eigenvalue weighted by Crippen LogP contribution is -2.37. The molecule has 34 heavy (non-hydrogen) atoms. The Bertz CT molecular complexity index is 1350. The number of thiophene rings is 1. The molecule has 0 bridgehead atoms. The molecule has 3 aromatic rings. The Balaban J connectivity index is 1.70. The van der Waals surface area contributed by atoms with Crippen molar-refractivity contribution in [1.29, 1.82) is 0 Å². The van der Waals surface area contributed by atoms with E-state index in [0.29, 0.717) is 18.9 Å². The van der Waals surface area contributed by atoms with Gasteiger partial charge in [-0.05, 0) is 61.0 Å². The van der Waals surface area contributed by atoms with Crippen LogP contribution in [0.1, 0.15) is 21.6 Å². The van der Waals surface area contributed by atoms with Crippen molar-refractivity contribution in [3.63, 3.8) is 0 Å². The SMILES string of the molecule is Cc1cc(C)c(N2CCOCC2)c(C)c1N=C([O-])c1sccc1NS(=O)(=O)c1ccccc1F. The normalized spacial score (nSPS) is 14.9. The van der Waals surface area contributed by atoms with Crippen LogP contribution in [-0.2, 0) is 14.8 Å². The van der Waals surface area contributed by atoms with E-state index < -0.39 is 26.6 Å². The summed E-state index contributed by atoms with van der Waals surface area (Å²) in [6.45, 7) is 8.65. The summed E-state index contributed by atoms with van der Waals surface area (Å²) in [6, 6.07) is 8.55. The zero-order chi connectivity index (χ0) is 24.5. The van der Waals surface area contributed by atoms with Gasteiger partial charge in [0.05, 0.1) is 29.5 Å². The molecule has 1 aliphatic rings. The van der Waals surface area contributed by atoms with Gasteiger partial charge in [0, 0.05) is 24.7 Å². The van der Waals surface area contributed by atoms with Crippen LogP contribution >= 0.6 is 11.3 Å². The summed E-state index contributed by atoms with van der Waals surface area (Å²) in [5.74, 6) is -1.44. The van der Waals surface area contributed by atoms with E-state index in [2.05, 4.69) is 14.6 Å². The van der Waals surface area contributed by atoms with Gasteiger partial charge < -0.3 is 14.7 Å². The third-order valence-electron chi connectivity index (χ3n) is 5.66. The molecule has 0 saturated carbocycles. The molecule has 1 saturated heterocycles. The summed E-state index contributed by atoms with van der Waals surface area (Å²) >= 11 is 1.07. The maximum atomic E-state index is 14.1. The molecule has 0 radical (unpaired) electrons. The van der Waals surface area contributed by atoms with Crippen molar-refractivity contribution in [1.82, 2.24) is 0 Å². The standard InChI is InChI=1S/C24H26FN3O4S2/c1-15-14-16(2)22(28-9-11-32-12-10-28)17(3)21(15)26-24(29)23-19(8-13-33-23)27-34(30,31)20-7-5-4-6-18(20)25/h4-8,13-14,27H,9-12H2,1-3H3,(H,26,29)/p-1. The molecule has 0 aliphatic carbocycles. The van der Waals surface area contributed by atoms with Crippen molar-refractivity contribution in [3.8, 4) is 0 Å². The molecule has 2 heterocycles. The lowest BCUT2D eigenvalue weighted by atomic mass is 10.0. The van der Waals surface area contributed by atoms with Gasteiger partial charge in [-0.15, -0.1) is 11.3 Å². The monoisotopic (exact) mass is 502 g/mol. The molecule has 0 atom stereocenters. The molecule has 0 amide bonds. The molecule has 1 aliphatic heterocycles. The second-order valence-corrected chi connectivity index (χ2v) is 10.6. The largest absolute Gasteiger partial charge is 0.858 e. The van der Waals surface area contributed by atoms with Crippen molar-refractivity contribution in [2.24, 2.45) is 4.99 Å². The van der Waals surface area contributed by atoms with Crippen LogP contribution < -0.4 is 14.7 Å². The number of rotatable bonds is 6. The summed E-state index contributed by atoms with van der Waals surface area (Å²) in [5, 5.41) is 14.8. The molecule has 2 aromatic carbocycles. The first kappa shape index (κ1) is 24.2. The van der Waals surface area contributed by atoms with Crippen LogP contribution in [0.5, 0.6) is 0 Å². The summed E-state index contributed by atoms with van der Waals surface area (Å²) in [5.41, 5.74) is 4.50. The molecule has 0 unspecified atom stereocenters. The quantitative estimate of drug-likeness (QED) is 0.408. The van der Waals surface area contributed by atoms with E-state index in [4.69, 9.17) is 4.74 Å². The van der Waals surface area contributed by atoms with E-state index in [0.717, 1.165) is 52.9 Å². The molecule has 1 fully saturated rings. The predicted octanol–water partition coefficient (Wildman–Crippen LogP) is 3.89. The summed E-state index contributed by atoms with van der Waals surface area (Å²) < 4.78 is 47.3. The Morgan fingerprint density at radius 1 is 1.15 bits per heavy atom. The summed E-state index contributed by atoms with van der Waals surface area (Å²) in [6.07, 6.45) is 0. The fourth-order valence-electron chi connectivity index (χ4n) is 4.18. The van der Waals surface area contributed by atoms with Crippen molar-refractivity contribution in [3.05, 3.63) is 69.2 Å². The molecule has 0 spiro atoms. The van der Waals surface area contributed by atoms with Crippen LogP contribution in [0.3, 0.4) is 0 Å². The maximum absolute atomic E-state index is 14.1. The van der Waals surface area contributed by atoms with Crippen LogP contribution in [-0.4, -0.2) is 40.6 Å². The highest BCUT2D eigenvalue weighted by Crippen LogP contribution is 2.36. The number of anilines is 2. The fraction of sp³-hybridized carbons (Fsp3) is 0.292. The van der Waals surface area contributed by atoms with Crippen molar-refractivity contribution < 1.29 is 22.7 Å². The number of nitrogens with one attached hydrogen (secondary N) is 1. The zero-order valence-electron chi connectivity index (χ0n) is 19.1. The summed E-state index contributed by atoms with van der Waals surface area (Å²) in [7, 11) is -4.22. The van der Waals surface area contributed by atoms with Gasteiger partial charge in [0.15, 0.2) is 0 Å². The highest BCUT2D eigenvalue weighted by Gasteiger charge is 2.22. The summed E-state index contributed by atoms with van der Waals surface area (Å²) in [4.78, 5) is 6.26. The molecular formula is C24H25FN3O4S2-. The number of benzene rings is 2. The minimum atomic E-state index is -4.22. The number of halogens is 1.